The van der Waals surface area contributed by atoms with Gasteiger partial charge in [0.2, 0.25) is 5.88 Å². The number of phenolic OH excluding ortho intramolecular Hbond substituents is 1. The maximum Gasteiger partial charge on any atom is 0.416 e. The molecular formula is C33H26F3N3O4. The molecule has 5 rings (SSSR count). The minimum atomic E-state index is -4.46. The lowest BCUT2D eigenvalue weighted by Crippen LogP contribution is -2.26. The van der Waals surface area contributed by atoms with Crippen LogP contribution in [-0.2, 0) is 19.8 Å². The van der Waals surface area contributed by atoms with Crippen molar-refractivity contribution in [2.24, 2.45) is 7.05 Å². The summed E-state index contributed by atoms with van der Waals surface area (Å²) in [5, 5.41) is 14.9. The molecule has 0 atom stereocenters. The summed E-state index contributed by atoms with van der Waals surface area (Å²) in [5.41, 5.74) is 3.55. The number of halogens is 3. The number of hydrogen-bond donors (Lipinski definition) is 3. The van der Waals surface area contributed by atoms with Gasteiger partial charge in [-0.2, -0.15) is 13.2 Å². The van der Waals surface area contributed by atoms with Crippen LogP contribution in [0.5, 0.6) is 11.6 Å². The van der Waals surface area contributed by atoms with Crippen molar-refractivity contribution in [1.29, 1.82) is 0 Å². The first kappa shape index (κ1) is 29.0. The molecule has 1 aromatic heterocycles. The highest BCUT2D eigenvalue weighted by Gasteiger charge is 2.30. The lowest BCUT2D eigenvalue weighted by molar-refractivity contribution is -0.137. The molecule has 0 saturated carbocycles. The number of carbonyl (C=O) groups excluding carboxylic acids is 2. The van der Waals surface area contributed by atoms with Gasteiger partial charge < -0.3 is 25.0 Å². The van der Waals surface area contributed by atoms with Gasteiger partial charge in [-0.05, 0) is 58.1 Å². The van der Waals surface area contributed by atoms with Crippen LogP contribution in [-0.4, -0.2) is 21.7 Å². The molecule has 0 saturated heterocycles. The molecule has 4 aromatic carbocycles. The van der Waals surface area contributed by atoms with Crippen molar-refractivity contribution in [3.8, 4) is 33.9 Å². The largest absolute Gasteiger partial charge is 0.508 e. The van der Waals surface area contributed by atoms with Crippen molar-refractivity contribution in [2.75, 3.05) is 5.32 Å². The molecule has 0 unspecified atom stereocenters. The maximum atomic E-state index is 13.1. The van der Waals surface area contributed by atoms with Crippen molar-refractivity contribution in [1.82, 2.24) is 9.88 Å². The van der Waals surface area contributed by atoms with E-state index in [0.29, 0.717) is 16.8 Å². The van der Waals surface area contributed by atoms with E-state index in [1.807, 2.05) is 36.4 Å². The van der Waals surface area contributed by atoms with Gasteiger partial charge >= 0.3 is 12.3 Å². The molecular weight excluding hydrogens is 559 g/mol. The Labute approximate surface area is 245 Å². The zero-order chi connectivity index (χ0) is 30.6. The Balaban J connectivity index is 1.20. The van der Waals surface area contributed by atoms with Crippen molar-refractivity contribution in [3.63, 3.8) is 0 Å². The second-order valence-electron chi connectivity index (χ2n) is 9.74. The fourth-order valence-corrected chi connectivity index (χ4v) is 4.46. The molecule has 0 fully saturated rings. The van der Waals surface area contributed by atoms with Crippen molar-refractivity contribution >= 4 is 17.7 Å². The van der Waals surface area contributed by atoms with Crippen molar-refractivity contribution in [2.45, 2.75) is 12.7 Å². The van der Waals surface area contributed by atoms with Gasteiger partial charge in [0, 0.05) is 31.4 Å². The quantitative estimate of drug-likeness (QED) is 0.183. The molecule has 0 aliphatic rings. The van der Waals surface area contributed by atoms with Gasteiger partial charge in [0.25, 0.3) is 5.91 Å². The molecule has 218 valence electrons. The highest BCUT2D eigenvalue weighted by molar-refractivity contribution is 6.08. The second-order valence-corrected chi connectivity index (χ2v) is 9.74. The first-order valence-electron chi connectivity index (χ1n) is 13.2. The van der Waals surface area contributed by atoms with Crippen LogP contribution in [0.15, 0.2) is 109 Å². The molecule has 3 N–H and O–H groups in total. The molecule has 0 bridgehead atoms. The number of nitrogens with zero attached hydrogens (tertiary/aromatic N) is 1. The number of aromatic nitrogens is 1. The van der Waals surface area contributed by atoms with Gasteiger partial charge in [0.05, 0.1) is 11.3 Å². The monoisotopic (exact) mass is 585 g/mol. The number of carbonyl (C=O) groups is 2. The van der Waals surface area contributed by atoms with Crippen LogP contribution >= 0.6 is 0 Å². The average Bonchev–Trinajstić information content (AvgIpc) is 3.34. The Kier molecular flexibility index (Phi) is 8.20. The summed E-state index contributed by atoms with van der Waals surface area (Å²) in [6, 6.07) is 27.1. The van der Waals surface area contributed by atoms with E-state index in [0.717, 1.165) is 28.8 Å². The highest BCUT2D eigenvalue weighted by Crippen LogP contribution is 2.32. The van der Waals surface area contributed by atoms with Gasteiger partial charge in [0.15, 0.2) is 0 Å². The number of alkyl halides is 3. The van der Waals surface area contributed by atoms with Crippen molar-refractivity contribution in [3.05, 3.63) is 126 Å². The Bertz CT molecular complexity index is 1740. The number of anilines is 1. The zero-order valence-electron chi connectivity index (χ0n) is 22.9. The highest BCUT2D eigenvalue weighted by atomic mass is 19.4. The van der Waals surface area contributed by atoms with Crippen LogP contribution in [0.1, 0.15) is 21.5 Å². The van der Waals surface area contributed by atoms with Crippen LogP contribution in [0.4, 0.5) is 23.7 Å². The SMILES string of the molecule is Cn1cc(NC(=O)c2ccccc2-c2ccc(C(F)(F)F)cc2)cc1OC(=O)NCc1ccc(-c2ccc(O)cc2)cc1. The number of rotatable bonds is 7. The number of benzene rings is 4. The second kappa shape index (κ2) is 12.2. The molecule has 2 amide bonds. The Morgan fingerprint density at radius 2 is 1.44 bits per heavy atom. The predicted molar refractivity (Wildman–Crippen MR) is 157 cm³/mol. The predicted octanol–water partition coefficient (Wildman–Crippen LogP) is 7.62. The van der Waals surface area contributed by atoms with Crippen LogP contribution in [0.2, 0.25) is 0 Å². The molecule has 43 heavy (non-hydrogen) atoms. The van der Waals surface area contributed by atoms with Gasteiger partial charge in [-0.25, -0.2) is 4.79 Å². The fraction of sp³-hybridized carbons (Fsp3) is 0.0909. The van der Waals surface area contributed by atoms with E-state index < -0.39 is 23.7 Å². The topological polar surface area (TPSA) is 92.6 Å². The minimum Gasteiger partial charge on any atom is -0.508 e. The third-order valence-corrected chi connectivity index (χ3v) is 6.70. The number of ether oxygens (including phenoxy) is 1. The molecule has 0 spiro atoms. The molecule has 5 aromatic rings. The van der Waals surface area contributed by atoms with Crippen LogP contribution in [0.25, 0.3) is 22.3 Å². The van der Waals surface area contributed by atoms with Gasteiger partial charge in [-0.3, -0.25) is 4.79 Å². The summed E-state index contributed by atoms with van der Waals surface area (Å²) in [4.78, 5) is 25.6. The van der Waals surface area contributed by atoms with Gasteiger partial charge in [-0.1, -0.05) is 66.7 Å². The smallest absolute Gasteiger partial charge is 0.416 e. The first-order chi connectivity index (χ1) is 20.6. The normalized spacial score (nSPS) is 11.2. The summed E-state index contributed by atoms with van der Waals surface area (Å²) in [6.07, 6.45) is -3.57. The Morgan fingerprint density at radius 1 is 0.837 bits per heavy atom. The van der Waals surface area contributed by atoms with Crippen LogP contribution < -0.4 is 15.4 Å². The minimum absolute atomic E-state index is 0.187. The molecule has 1 heterocycles. The Hall–Kier alpha value is -5.51. The average molecular weight is 586 g/mol. The zero-order valence-corrected chi connectivity index (χ0v) is 22.9. The molecule has 10 heteroatoms. The summed E-state index contributed by atoms with van der Waals surface area (Å²) >= 11 is 0. The number of aryl methyl sites for hydroxylation is 1. The third-order valence-electron chi connectivity index (χ3n) is 6.70. The lowest BCUT2D eigenvalue weighted by atomic mass is 9.98. The summed E-state index contributed by atoms with van der Waals surface area (Å²) in [6.45, 7) is 0.226. The van der Waals surface area contributed by atoms with E-state index in [9.17, 15) is 27.9 Å². The molecule has 7 nitrogen and oxygen atoms in total. The molecule has 0 aliphatic heterocycles. The van der Waals surface area contributed by atoms with Gasteiger partial charge in [0.1, 0.15) is 5.75 Å². The van der Waals surface area contributed by atoms with E-state index in [-0.39, 0.29) is 23.7 Å². The van der Waals surface area contributed by atoms with E-state index in [1.165, 1.54) is 22.8 Å². The van der Waals surface area contributed by atoms with Gasteiger partial charge in [-0.15, -0.1) is 0 Å². The molecule has 0 aliphatic carbocycles. The number of amides is 2. The third kappa shape index (κ3) is 7.05. The summed E-state index contributed by atoms with van der Waals surface area (Å²) in [7, 11) is 1.65. The standard InChI is InChI=1S/C33H26F3N3O4/c1-39-20-26(38-31(41)29-5-3-2-4-28(29)24-10-14-25(15-11-24)33(34,35)36)18-30(39)43-32(42)37-19-21-6-8-22(9-7-21)23-12-16-27(40)17-13-23/h2-18,20,40H,19H2,1H3,(H,37,42)(H,38,41). The van der Waals surface area contributed by atoms with E-state index in [2.05, 4.69) is 10.6 Å². The van der Waals surface area contributed by atoms with E-state index in [4.69, 9.17) is 4.74 Å². The van der Waals surface area contributed by atoms with E-state index >= 15 is 0 Å². The number of hydrogen-bond acceptors (Lipinski definition) is 4. The Morgan fingerprint density at radius 3 is 2.09 bits per heavy atom. The summed E-state index contributed by atoms with van der Waals surface area (Å²) < 4.78 is 45.9. The number of nitrogens with one attached hydrogen (secondary N) is 2. The molecule has 0 radical (unpaired) electrons. The maximum absolute atomic E-state index is 13.1. The lowest BCUT2D eigenvalue weighted by Gasteiger charge is -2.11. The van der Waals surface area contributed by atoms with Crippen LogP contribution in [0, 0.1) is 0 Å². The summed E-state index contributed by atoms with van der Waals surface area (Å²) in [5.74, 6) is -0.0998. The fourth-order valence-electron chi connectivity index (χ4n) is 4.46. The first-order valence-corrected chi connectivity index (χ1v) is 13.2. The number of aromatic hydroxyl groups is 1. The van der Waals surface area contributed by atoms with Crippen LogP contribution in [0.3, 0.4) is 0 Å². The van der Waals surface area contributed by atoms with Crippen molar-refractivity contribution < 1.29 is 32.6 Å². The van der Waals surface area contributed by atoms with E-state index in [1.54, 1.807) is 49.6 Å². The number of phenols is 1.